The van der Waals surface area contributed by atoms with Crippen molar-refractivity contribution in [3.8, 4) is 0 Å². The fraction of sp³-hybridized carbons (Fsp3) is 0.400. The molecular formula is C10H13NO3. The van der Waals surface area contributed by atoms with Crippen molar-refractivity contribution in [2.24, 2.45) is 0 Å². The van der Waals surface area contributed by atoms with Crippen molar-refractivity contribution in [3.05, 3.63) is 35.9 Å². The molecule has 14 heavy (non-hydrogen) atoms. The van der Waals surface area contributed by atoms with Crippen molar-refractivity contribution in [1.82, 2.24) is 5.48 Å². The van der Waals surface area contributed by atoms with Gasteiger partial charge in [-0.3, -0.25) is 0 Å². The largest absolute Gasteiger partial charge is 0.347 e. The lowest BCUT2D eigenvalue weighted by Gasteiger charge is -2.28. The molecule has 0 unspecified atom stereocenters. The van der Waals surface area contributed by atoms with Crippen molar-refractivity contribution in [3.63, 3.8) is 0 Å². The third-order valence-electron chi connectivity index (χ3n) is 2.15. The summed E-state index contributed by atoms with van der Waals surface area (Å²) in [6, 6.07) is 9.62. The van der Waals surface area contributed by atoms with Gasteiger partial charge in [0, 0.05) is 5.56 Å². The normalized spacial score (nSPS) is 27.5. The lowest BCUT2D eigenvalue weighted by Crippen LogP contribution is -2.40. The first-order valence-electron chi connectivity index (χ1n) is 4.58. The predicted molar refractivity (Wildman–Crippen MR) is 49.8 cm³/mol. The number of hydrogen-bond acceptors (Lipinski definition) is 4. The molecule has 0 atom stereocenters. The standard InChI is InChI=1S/C10H13NO3/c12-11-9-6-13-10(14-7-9)8-4-2-1-3-5-8/h1-5,9-12H,6-7H2. The van der Waals surface area contributed by atoms with Crippen LogP contribution in [0.4, 0.5) is 0 Å². The summed E-state index contributed by atoms with van der Waals surface area (Å²) in [5, 5.41) is 8.64. The van der Waals surface area contributed by atoms with E-state index in [4.69, 9.17) is 14.7 Å². The van der Waals surface area contributed by atoms with Gasteiger partial charge in [0.15, 0.2) is 6.29 Å². The first kappa shape index (κ1) is 9.61. The molecular weight excluding hydrogens is 182 g/mol. The number of nitrogens with one attached hydrogen (secondary N) is 1. The van der Waals surface area contributed by atoms with E-state index in [1.54, 1.807) is 0 Å². The molecule has 0 aromatic heterocycles. The number of benzene rings is 1. The molecule has 2 rings (SSSR count). The predicted octanol–water partition coefficient (Wildman–Crippen LogP) is 1.08. The molecule has 2 N–H and O–H groups in total. The quantitative estimate of drug-likeness (QED) is 0.693. The molecule has 0 amide bonds. The Balaban J connectivity index is 1.96. The molecule has 1 aromatic carbocycles. The van der Waals surface area contributed by atoms with E-state index in [1.807, 2.05) is 30.3 Å². The van der Waals surface area contributed by atoms with Crippen LogP contribution in [0.5, 0.6) is 0 Å². The Morgan fingerprint density at radius 1 is 1.14 bits per heavy atom. The Morgan fingerprint density at radius 2 is 1.79 bits per heavy atom. The van der Waals surface area contributed by atoms with Gasteiger partial charge in [0.2, 0.25) is 0 Å². The van der Waals surface area contributed by atoms with Crippen LogP contribution in [0.2, 0.25) is 0 Å². The lowest BCUT2D eigenvalue weighted by atomic mass is 10.2. The van der Waals surface area contributed by atoms with Crippen LogP contribution in [-0.4, -0.2) is 24.5 Å². The summed E-state index contributed by atoms with van der Waals surface area (Å²) in [5.74, 6) is 0. The lowest BCUT2D eigenvalue weighted by molar-refractivity contribution is -0.204. The fourth-order valence-corrected chi connectivity index (χ4v) is 1.38. The topological polar surface area (TPSA) is 50.7 Å². The number of rotatable bonds is 2. The van der Waals surface area contributed by atoms with Crippen LogP contribution in [0, 0.1) is 0 Å². The minimum Gasteiger partial charge on any atom is -0.347 e. The van der Waals surface area contributed by atoms with Crippen LogP contribution in [-0.2, 0) is 9.47 Å². The Hall–Kier alpha value is -0.940. The van der Waals surface area contributed by atoms with Crippen LogP contribution in [0.15, 0.2) is 30.3 Å². The molecule has 1 aliphatic rings. The summed E-state index contributed by atoms with van der Waals surface area (Å²) in [5.41, 5.74) is 3.13. The van der Waals surface area contributed by atoms with Gasteiger partial charge in [0.25, 0.3) is 0 Å². The van der Waals surface area contributed by atoms with Crippen molar-refractivity contribution < 1.29 is 14.7 Å². The molecule has 0 saturated carbocycles. The average molecular weight is 195 g/mol. The van der Waals surface area contributed by atoms with Crippen LogP contribution in [0.3, 0.4) is 0 Å². The van der Waals surface area contributed by atoms with E-state index in [0.717, 1.165) is 5.56 Å². The second-order valence-corrected chi connectivity index (χ2v) is 3.24. The molecule has 0 radical (unpaired) electrons. The molecule has 0 spiro atoms. The van der Waals surface area contributed by atoms with Crippen LogP contribution < -0.4 is 5.48 Å². The second-order valence-electron chi connectivity index (χ2n) is 3.24. The van der Waals surface area contributed by atoms with E-state index >= 15 is 0 Å². The van der Waals surface area contributed by atoms with Gasteiger partial charge < -0.3 is 14.7 Å². The third-order valence-corrected chi connectivity index (χ3v) is 2.15. The summed E-state index contributed by atoms with van der Waals surface area (Å²) in [4.78, 5) is 0. The highest BCUT2D eigenvalue weighted by molar-refractivity contribution is 5.16. The highest BCUT2D eigenvalue weighted by Gasteiger charge is 2.22. The SMILES string of the molecule is ONC1COC(c2ccccc2)OC1. The maximum atomic E-state index is 8.64. The van der Waals surface area contributed by atoms with E-state index in [-0.39, 0.29) is 12.3 Å². The van der Waals surface area contributed by atoms with Gasteiger partial charge in [0.1, 0.15) is 0 Å². The molecule has 76 valence electrons. The van der Waals surface area contributed by atoms with Crippen LogP contribution >= 0.6 is 0 Å². The second kappa shape index (κ2) is 4.52. The first-order valence-corrected chi connectivity index (χ1v) is 4.58. The Bertz CT molecular complexity index is 270. The molecule has 1 heterocycles. The molecule has 0 bridgehead atoms. The van der Waals surface area contributed by atoms with Gasteiger partial charge in [-0.2, -0.15) is 5.48 Å². The van der Waals surface area contributed by atoms with Crippen molar-refractivity contribution in [1.29, 1.82) is 0 Å². The minimum absolute atomic E-state index is 0.130. The van der Waals surface area contributed by atoms with Crippen molar-refractivity contribution in [2.45, 2.75) is 12.3 Å². The van der Waals surface area contributed by atoms with E-state index in [9.17, 15) is 0 Å². The molecule has 0 aliphatic carbocycles. The van der Waals surface area contributed by atoms with Gasteiger partial charge in [-0.05, 0) is 0 Å². The summed E-state index contributed by atoms with van der Waals surface area (Å²) in [7, 11) is 0. The summed E-state index contributed by atoms with van der Waals surface area (Å²) in [6.45, 7) is 0.909. The molecule has 1 aliphatic heterocycles. The van der Waals surface area contributed by atoms with Crippen molar-refractivity contribution in [2.75, 3.05) is 13.2 Å². The average Bonchev–Trinajstić information content (AvgIpc) is 2.30. The minimum atomic E-state index is -0.305. The highest BCUT2D eigenvalue weighted by atomic mass is 16.7. The maximum absolute atomic E-state index is 8.64. The highest BCUT2D eigenvalue weighted by Crippen LogP contribution is 2.22. The van der Waals surface area contributed by atoms with Crippen LogP contribution in [0.25, 0.3) is 0 Å². The first-order chi connectivity index (χ1) is 6.90. The molecule has 4 nitrogen and oxygen atoms in total. The Kier molecular flexibility index (Phi) is 3.10. The zero-order chi connectivity index (χ0) is 9.80. The maximum Gasteiger partial charge on any atom is 0.183 e. The smallest absolute Gasteiger partial charge is 0.183 e. The number of hydroxylamine groups is 1. The Labute approximate surface area is 82.4 Å². The van der Waals surface area contributed by atoms with E-state index < -0.39 is 0 Å². The number of hydrogen-bond donors (Lipinski definition) is 2. The molecule has 1 saturated heterocycles. The van der Waals surface area contributed by atoms with Crippen LogP contribution in [0.1, 0.15) is 11.9 Å². The molecule has 1 fully saturated rings. The fourth-order valence-electron chi connectivity index (χ4n) is 1.38. The van der Waals surface area contributed by atoms with Crippen molar-refractivity contribution >= 4 is 0 Å². The summed E-state index contributed by atoms with van der Waals surface area (Å²) < 4.78 is 10.8. The van der Waals surface area contributed by atoms with Gasteiger partial charge in [-0.25, -0.2) is 0 Å². The van der Waals surface area contributed by atoms with Gasteiger partial charge in [-0.1, -0.05) is 30.3 Å². The van der Waals surface area contributed by atoms with Gasteiger partial charge >= 0.3 is 0 Å². The zero-order valence-electron chi connectivity index (χ0n) is 7.72. The molecule has 4 heteroatoms. The number of ether oxygens (including phenoxy) is 2. The van der Waals surface area contributed by atoms with E-state index in [2.05, 4.69) is 5.48 Å². The third kappa shape index (κ3) is 2.10. The Morgan fingerprint density at radius 3 is 2.36 bits per heavy atom. The van der Waals surface area contributed by atoms with Gasteiger partial charge in [0.05, 0.1) is 19.3 Å². The molecule has 1 aromatic rings. The van der Waals surface area contributed by atoms with E-state index in [0.29, 0.717) is 13.2 Å². The van der Waals surface area contributed by atoms with E-state index in [1.165, 1.54) is 0 Å². The summed E-state index contributed by atoms with van der Waals surface area (Å²) >= 11 is 0. The monoisotopic (exact) mass is 195 g/mol. The van der Waals surface area contributed by atoms with Gasteiger partial charge in [-0.15, -0.1) is 0 Å². The zero-order valence-corrected chi connectivity index (χ0v) is 7.72. The summed E-state index contributed by atoms with van der Waals surface area (Å²) in [6.07, 6.45) is -0.305.